The molecule has 0 aliphatic carbocycles. The largest absolute Gasteiger partial charge is 0.386 e. The summed E-state index contributed by atoms with van der Waals surface area (Å²) in [6.45, 7) is 4.92. The summed E-state index contributed by atoms with van der Waals surface area (Å²) in [4.78, 5) is 19.0. The first-order chi connectivity index (χ1) is 12.0. The molecule has 2 bridgehead atoms. The number of nitrogens with one attached hydrogen (secondary N) is 2. The molecule has 3 N–H and O–H groups in total. The lowest BCUT2D eigenvalue weighted by atomic mass is 9.75. The number of aryl methyl sites for hydroxylation is 1. The SMILES string of the molecule is Cc1nc(-c2ccc(C(=O)NCC3(O)CN4CCC3CC4)cc2)n[nH]1. The minimum absolute atomic E-state index is 0.164. The molecule has 5 rings (SSSR count). The van der Waals surface area contributed by atoms with Gasteiger partial charge in [0.1, 0.15) is 5.82 Å². The number of hydrogen-bond donors (Lipinski definition) is 3. The first-order valence-electron chi connectivity index (χ1n) is 8.76. The van der Waals surface area contributed by atoms with E-state index < -0.39 is 5.60 Å². The minimum Gasteiger partial charge on any atom is -0.386 e. The van der Waals surface area contributed by atoms with Gasteiger partial charge in [0, 0.05) is 24.2 Å². The average molecular weight is 341 g/mol. The number of benzene rings is 1. The molecule has 1 aromatic heterocycles. The van der Waals surface area contributed by atoms with Gasteiger partial charge in [0.15, 0.2) is 5.82 Å². The number of aromatic nitrogens is 3. The van der Waals surface area contributed by atoms with Gasteiger partial charge in [-0.3, -0.25) is 9.89 Å². The molecule has 1 amide bonds. The van der Waals surface area contributed by atoms with E-state index in [9.17, 15) is 9.90 Å². The highest BCUT2D eigenvalue weighted by Gasteiger charge is 2.45. The zero-order valence-electron chi connectivity index (χ0n) is 14.3. The number of nitrogens with zero attached hydrogens (tertiary/aromatic N) is 3. The number of hydrogen-bond acceptors (Lipinski definition) is 5. The first-order valence-corrected chi connectivity index (χ1v) is 8.76. The number of carbonyl (C=O) groups is 1. The minimum atomic E-state index is -0.803. The van der Waals surface area contributed by atoms with Crippen molar-refractivity contribution < 1.29 is 9.90 Å². The molecule has 7 heteroatoms. The summed E-state index contributed by atoms with van der Waals surface area (Å²) in [6.07, 6.45) is 2.02. The molecule has 3 fully saturated rings. The lowest BCUT2D eigenvalue weighted by Crippen LogP contribution is -2.63. The maximum Gasteiger partial charge on any atom is 0.251 e. The normalized spacial score (nSPS) is 28.1. The Kier molecular flexibility index (Phi) is 4.05. The summed E-state index contributed by atoms with van der Waals surface area (Å²) >= 11 is 0. The summed E-state index contributed by atoms with van der Waals surface area (Å²) in [5.41, 5.74) is 0.626. The molecule has 25 heavy (non-hydrogen) atoms. The van der Waals surface area contributed by atoms with E-state index in [1.807, 2.05) is 19.1 Å². The Hall–Kier alpha value is -2.25. The third-order valence-electron chi connectivity index (χ3n) is 5.40. The van der Waals surface area contributed by atoms with Gasteiger partial charge < -0.3 is 15.3 Å². The molecular formula is C18H23N5O2. The molecule has 3 aliphatic rings. The highest BCUT2D eigenvalue weighted by Crippen LogP contribution is 2.35. The number of rotatable bonds is 4. The summed E-state index contributed by atoms with van der Waals surface area (Å²) in [6, 6.07) is 7.19. The van der Waals surface area contributed by atoms with E-state index in [4.69, 9.17) is 0 Å². The van der Waals surface area contributed by atoms with Crippen molar-refractivity contribution in [2.24, 2.45) is 5.92 Å². The molecule has 2 aromatic rings. The van der Waals surface area contributed by atoms with Gasteiger partial charge in [-0.25, -0.2) is 4.98 Å². The molecule has 1 unspecified atom stereocenters. The lowest BCUT2D eigenvalue weighted by Gasteiger charge is -2.50. The van der Waals surface area contributed by atoms with E-state index in [1.165, 1.54) is 0 Å². The molecule has 0 saturated carbocycles. The second kappa shape index (κ2) is 6.24. The molecular weight excluding hydrogens is 318 g/mol. The number of fused-ring (bicyclic) bond motifs is 3. The van der Waals surface area contributed by atoms with E-state index in [0.29, 0.717) is 24.5 Å². The summed E-state index contributed by atoms with van der Waals surface area (Å²) in [7, 11) is 0. The molecule has 3 saturated heterocycles. The zero-order chi connectivity index (χ0) is 17.4. The molecule has 0 radical (unpaired) electrons. The lowest BCUT2D eigenvalue weighted by molar-refractivity contribution is -0.108. The van der Waals surface area contributed by atoms with Crippen LogP contribution in [0.5, 0.6) is 0 Å². The van der Waals surface area contributed by atoms with E-state index >= 15 is 0 Å². The third kappa shape index (κ3) is 3.17. The van der Waals surface area contributed by atoms with Crippen molar-refractivity contribution in [3.8, 4) is 11.4 Å². The smallest absolute Gasteiger partial charge is 0.251 e. The van der Waals surface area contributed by atoms with Crippen LogP contribution in [0.4, 0.5) is 0 Å². The van der Waals surface area contributed by atoms with Crippen molar-refractivity contribution in [3.63, 3.8) is 0 Å². The number of aliphatic hydroxyl groups is 1. The predicted octanol–water partition coefficient (Wildman–Crippen LogP) is 0.967. The van der Waals surface area contributed by atoms with Crippen LogP contribution < -0.4 is 5.32 Å². The van der Waals surface area contributed by atoms with Gasteiger partial charge in [-0.15, -0.1) is 0 Å². The van der Waals surface area contributed by atoms with Gasteiger partial charge in [0.05, 0.1) is 5.60 Å². The molecule has 4 heterocycles. The van der Waals surface area contributed by atoms with Gasteiger partial charge in [-0.1, -0.05) is 12.1 Å². The van der Waals surface area contributed by atoms with Gasteiger partial charge >= 0.3 is 0 Å². The van der Waals surface area contributed by atoms with Gasteiger partial charge in [0.25, 0.3) is 5.91 Å². The number of amides is 1. The summed E-state index contributed by atoms with van der Waals surface area (Å²) in [5.74, 6) is 1.49. The number of carbonyl (C=O) groups excluding carboxylic acids is 1. The standard InChI is InChI=1S/C18H23N5O2/c1-12-20-16(22-21-12)13-2-4-14(5-3-13)17(24)19-10-18(25)11-23-8-6-15(18)7-9-23/h2-5,15,25H,6-11H2,1H3,(H,19,24)(H,20,21,22). The van der Waals surface area contributed by atoms with Crippen LogP contribution in [-0.2, 0) is 0 Å². The van der Waals surface area contributed by atoms with E-state index in [1.54, 1.807) is 12.1 Å². The number of piperidine rings is 3. The average Bonchev–Trinajstić information content (AvgIpc) is 3.07. The van der Waals surface area contributed by atoms with Crippen LogP contribution in [0.2, 0.25) is 0 Å². The Labute approximate surface area is 146 Å². The molecule has 1 aromatic carbocycles. The first kappa shape index (κ1) is 16.2. The van der Waals surface area contributed by atoms with Crippen LogP contribution in [-0.4, -0.2) is 62.9 Å². The monoisotopic (exact) mass is 341 g/mol. The fraction of sp³-hybridized carbons (Fsp3) is 0.500. The van der Waals surface area contributed by atoms with Crippen molar-refractivity contribution in [1.29, 1.82) is 0 Å². The maximum atomic E-state index is 12.4. The third-order valence-corrected chi connectivity index (χ3v) is 5.40. The Balaban J connectivity index is 1.40. The quantitative estimate of drug-likeness (QED) is 0.770. The number of H-pyrrole nitrogens is 1. The Morgan fingerprint density at radius 3 is 2.64 bits per heavy atom. The Bertz CT molecular complexity index is 764. The van der Waals surface area contributed by atoms with Crippen molar-refractivity contribution in [3.05, 3.63) is 35.7 Å². The van der Waals surface area contributed by atoms with E-state index in [2.05, 4.69) is 25.4 Å². The second-order valence-electron chi connectivity index (χ2n) is 7.16. The van der Waals surface area contributed by atoms with Crippen LogP contribution in [0.3, 0.4) is 0 Å². The van der Waals surface area contributed by atoms with E-state index in [0.717, 1.165) is 37.3 Å². The van der Waals surface area contributed by atoms with Gasteiger partial charge in [-0.2, -0.15) is 5.10 Å². The van der Waals surface area contributed by atoms with E-state index in [-0.39, 0.29) is 11.8 Å². The fourth-order valence-corrected chi connectivity index (χ4v) is 3.92. The van der Waals surface area contributed by atoms with Crippen LogP contribution in [0.25, 0.3) is 11.4 Å². The molecule has 0 spiro atoms. The van der Waals surface area contributed by atoms with Gasteiger partial charge in [0.2, 0.25) is 0 Å². The van der Waals surface area contributed by atoms with Crippen LogP contribution in [0, 0.1) is 12.8 Å². The summed E-state index contributed by atoms with van der Waals surface area (Å²) < 4.78 is 0. The van der Waals surface area contributed by atoms with Crippen molar-refractivity contribution in [2.45, 2.75) is 25.4 Å². The highest BCUT2D eigenvalue weighted by atomic mass is 16.3. The van der Waals surface area contributed by atoms with Crippen molar-refractivity contribution in [2.75, 3.05) is 26.2 Å². The van der Waals surface area contributed by atoms with Crippen LogP contribution in [0.15, 0.2) is 24.3 Å². The molecule has 7 nitrogen and oxygen atoms in total. The highest BCUT2D eigenvalue weighted by molar-refractivity contribution is 5.94. The predicted molar refractivity (Wildman–Crippen MR) is 93.0 cm³/mol. The van der Waals surface area contributed by atoms with Gasteiger partial charge in [-0.05, 0) is 50.9 Å². The Morgan fingerprint density at radius 1 is 1.36 bits per heavy atom. The molecule has 3 aliphatic heterocycles. The van der Waals surface area contributed by atoms with Crippen LogP contribution in [0.1, 0.15) is 29.0 Å². The molecule has 1 atom stereocenters. The van der Waals surface area contributed by atoms with Crippen molar-refractivity contribution >= 4 is 5.91 Å². The Morgan fingerprint density at radius 2 is 2.08 bits per heavy atom. The number of aromatic amines is 1. The van der Waals surface area contributed by atoms with Crippen molar-refractivity contribution in [1.82, 2.24) is 25.4 Å². The summed E-state index contributed by atoms with van der Waals surface area (Å²) in [5, 5.41) is 20.7. The zero-order valence-corrected chi connectivity index (χ0v) is 14.3. The topological polar surface area (TPSA) is 94.1 Å². The van der Waals surface area contributed by atoms with Crippen LogP contribution >= 0.6 is 0 Å². The molecule has 132 valence electrons. The fourth-order valence-electron chi connectivity index (χ4n) is 3.92. The second-order valence-corrected chi connectivity index (χ2v) is 7.16. The maximum absolute atomic E-state index is 12.4.